The van der Waals surface area contributed by atoms with Crippen molar-refractivity contribution in [1.29, 1.82) is 0 Å². The molecule has 0 aromatic rings. The van der Waals surface area contributed by atoms with E-state index < -0.39 is 0 Å². The second-order valence-electron chi connectivity index (χ2n) is 4.81. The molecule has 1 rings (SSSR count). The first-order valence-corrected chi connectivity index (χ1v) is 6.23. The predicted octanol–water partition coefficient (Wildman–Crippen LogP) is 1.34. The van der Waals surface area contributed by atoms with Crippen LogP contribution in [0.3, 0.4) is 0 Å². The molecule has 0 amide bonds. The van der Waals surface area contributed by atoms with Crippen LogP contribution in [-0.2, 0) is 4.74 Å². The van der Waals surface area contributed by atoms with Crippen molar-refractivity contribution < 1.29 is 4.74 Å². The highest BCUT2D eigenvalue weighted by molar-refractivity contribution is 4.71. The van der Waals surface area contributed by atoms with Gasteiger partial charge in [0.15, 0.2) is 0 Å². The summed E-state index contributed by atoms with van der Waals surface area (Å²) >= 11 is 0. The Bertz CT molecular complexity index is 164. The van der Waals surface area contributed by atoms with Crippen LogP contribution in [0.2, 0.25) is 0 Å². The summed E-state index contributed by atoms with van der Waals surface area (Å²) in [6.07, 6.45) is 2.99. The molecule has 0 unspecified atom stereocenters. The van der Waals surface area contributed by atoms with E-state index in [9.17, 15) is 0 Å². The summed E-state index contributed by atoms with van der Waals surface area (Å²) in [4.78, 5) is 2.34. The quantitative estimate of drug-likeness (QED) is 0.722. The molecule has 1 fully saturated rings. The number of hydrogen-bond donors (Lipinski definition) is 1. The van der Waals surface area contributed by atoms with Crippen LogP contribution in [0, 0.1) is 5.92 Å². The van der Waals surface area contributed by atoms with Gasteiger partial charge in [-0.15, -0.1) is 0 Å². The van der Waals surface area contributed by atoms with Crippen molar-refractivity contribution in [2.75, 3.05) is 39.8 Å². The molecule has 1 aliphatic rings. The minimum absolute atomic E-state index is 0.387. The summed E-state index contributed by atoms with van der Waals surface area (Å²) in [5.74, 6) is 0.788. The lowest BCUT2D eigenvalue weighted by Gasteiger charge is -2.30. The molecule has 90 valence electrons. The third-order valence-electron chi connectivity index (χ3n) is 2.99. The van der Waals surface area contributed by atoms with Gasteiger partial charge in [0.25, 0.3) is 0 Å². The molecule has 15 heavy (non-hydrogen) atoms. The van der Waals surface area contributed by atoms with Gasteiger partial charge < -0.3 is 15.0 Å². The van der Waals surface area contributed by atoms with E-state index in [4.69, 9.17) is 4.74 Å². The Balaban J connectivity index is 2.03. The number of morpholine rings is 1. The zero-order valence-corrected chi connectivity index (χ0v) is 10.5. The third-order valence-corrected chi connectivity index (χ3v) is 2.99. The fourth-order valence-electron chi connectivity index (χ4n) is 2.08. The van der Waals surface area contributed by atoms with Gasteiger partial charge in [0.05, 0.1) is 12.7 Å². The summed E-state index contributed by atoms with van der Waals surface area (Å²) < 4.78 is 5.69. The normalized spacial score (nSPS) is 25.4. The molecule has 0 aromatic carbocycles. The van der Waals surface area contributed by atoms with Crippen LogP contribution in [0.4, 0.5) is 0 Å². The van der Waals surface area contributed by atoms with Crippen molar-refractivity contribution in [2.24, 2.45) is 5.92 Å². The van der Waals surface area contributed by atoms with Crippen LogP contribution in [0.1, 0.15) is 26.7 Å². The first-order valence-electron chi connectivity index (χ1n) is 6.23. The summed E-state index contributed by atoms with van der Waals surface area (Å²) in [7, 11) is 2.16. The Kier molecular flexibility index (Phi) is 6.22. The van der Waals surface area contributed by atoms with Crippen molar-refractivity contribution >= 4 is 0 Å². The third kappa shape index (κ3) is 5.50. The standard InChI is InChI=1S/C12H26N2O/c1-4-5-11(2)8-13-9-12-10-14(3)6-7-15-12/h11-13H,4-10H2,1-3H3/t11-,12+/m1/s1. The lowest BCUT2D eigenvalue weighted by atomic mass is 10.1. The van der Waals surface area contributed by atoms with Crippen LogP contribution < -0.4 is 5.32 Å². The molecule has 0 spiro atoms. The average Bonchev–Trinajstić information content (AvgIpc) is 2.18. The first kappa shape index (κ1) is 12.9. The molecule has 2 atom stereocenters. The van der Waals surface area contributed by atoms with Gasteiger partial charge in [-0.25, -0.2) is 0 Å². The fraction of sp³-hybridized carbons (Fsp3) is 1.00. The van der Waals surface area contributed by atoms with Crippen LogP contribution in [0.15, 0.2) is 0 Å². The lowest BCUT2D eigenvalue weighted by Crippen LogP contribution is -2.45. The molecule has 1 aliphatic heterocycles. The molecule has 3 nitrogen and oxygen atoms in total. The van der Waals surface area contributed by atoms with E-state index in [2.05, 4.69) is 31.1 Å². The highest BCUT2D eigenvalue weighted by Gasteiger charge is 2.16. The smallest absolute Gasteiger partial charge is 0.0826 e. The molecule has 3 heteroatoms. The Morgan fingerprint density at radius 2 is 2.33 bits per heavy atom. The van der Waals surface area contributed by atoms with Gasteiger partial charge in [-0.05, 0) is 25.9 Å². The second kappa shape index (κ2) is 7.20. The van der Waals surface area contributed by atoms with Crippen molar-refractivity contribution in [2.45, 2.75) is 32.8 Å². The molecule has 1 heterocycles. The fourth-order valence-corrected chi connectivity index (χ4v) is 2.08. The van der Waals surface area contributed by atoms with E-state index in [0.29, 0.717) is 6.10 Å². The van der Waals surface area contributed by atoms with Crippen molar-refractivity contribution in [3.05, 3.63) is 0 Å². The number of nitrogens with zero attached hydrogens (tertiary/aromatic N) is 1. The van der Waals surface area contributed by atoms with Gasteiger partial charge in [0, 0.05) is 19.6 Å². The van der Waals surface area contributed by atoms with Gasteiger partial charge in [-0.1, -0.05) is 20.3 Å². The maximum atomic E-state index is 5.69. The molecular formula is C12H26N2O. The van der Waals surface area contributed by atoms with Crippen LogP contribution in [0.5, 0.6) is 0 Å². The molecule has 0 bridgehead atoms. The monoisotopic (exact) mass is 214 g/mol. The first-order chi connectivity index (χ1) is 7.22. The predicted molar refractivity (Wildman–Crippen MR) is 64.2 cm³/mol. The topological polar surface area (TPSA) is 24.5 Å². The van der Waals surface area contributed by atoms with E-state index >= 15 is 0 Å². The molecule has 0 radical (unpaired) electrons. The minimum Gasteiger partial charge on any atom is -0.374 e. The van der Waals surface area contributed by atoms with Crippen LogP contribution in [0.25, 0.3) is 0 Å². The largest absolute Gasteiger partial charge is 0.374 e. The van der Waals surface area contributed by atoms with Gasteiger partial charge in [0.2, 0.25) is 0 Å². The zero-order valence-electron chi connectivity index (χ0n) is 10.5. The molecule has 1 saturated heterocycles. The Labute approximate surface area is 94.2 Å². The lowest BCUT2D eigenvalue weighted by molar-refractivity contribution is -0.0183. The van der Waals surface area contributed by atoms with E-state index in [1.165, 1.54) is 12.8 Å². The Hall–Kier alpha value is -0.120. The van der Waals surface area contributed by atoms with Gasteiger partial charge in [-0.3, -0.25) is 0 Å². The molecular weight excluding hydrogens is 188 g/mol. The summed E-state index contributed by atoms with van der Waals surface area (Å²) in [5, 5.41) is 3.51. The van der Waals surface area contributed by atoms with Crippen molar-refractivity contribution in [3.63, 3.8) is 0 Å². The number of nitrogens with one attached hydrogen (secondary N) is 1. The highest BCUT2D eigenvalue weighted by atomic mass is 16.5. The second-order valence-corrected chi connectivity index (χ2v) is 4.81. The maximum Gasteiger partial charge on any atom is 0.0826 e. The SMILES string of the molecule is CCC[C@@H](C)CNC[C@H]1CN(C)CCO1. The maximum absolute atomic E-state index is 5.69. The summed E-state index contributed by atoms with van der Waals surface area (Å²) in [5.41, 5.74) is 0. The van der Waals surface area contributed by atoms with Crippen LogP contribution in [-0.4, -0.2) is 50.8 Å². The van der Waals surface area contributed by atoms with Gasteiger partial charge >= 0.3 is 0 Å². The Morgan fingerprint density at radius 1 is 1.53 bits per heavy atom. The molecule has 0 aromatic heterocycles. The van der Waals surface area contributed by atoms with Crippen LogP contribution >= 0.6 is 0 Å². The van der Waals surface area contributed by atoms with Gasteiger partial charge in [0.1, 0.15) is 0 Å². The van der Waals surface area contributed by atoms with Crippen molar-refractivity contribution in [3.8, 4) is 0 Å². The zero-order chi connectivity index (χ0) is 11.1. The number of hydrogen-bond acceptors (Lipinski definition) is 3. The molecule has 1 N–H and O–H groups in total. The van der Waals surface area contributed by atoms with E-state index in [1.807, 2.05) is 0 Å². The van der Waals surface area contributed by atoms with Crippen molar-refractivity contribution in [1.82, 2.24) is 10.2 Å². The number of likely N-dealkylation sites (N-methyl/N-ethyl adjacent to an activating group) is 1. The van der Waals surface area contributed by atoms with E-state index in [0.717, 1.165) is 38.7 Å². The summed E-state index contributed by atoms with van der Waals surface area (Å²) in [6.45, 7) is 9.70. The Morgan fingerprint density at radius 3 is 3.00 bits per heavy atom. The molecule has 0 saturated carbocycles. The summed E-state index contributed by atoms with van der Waals surface area (Å²) in [6, 6.07) is 0. The number of rotatable bonds is 6. The average molecular weight is 214 g/mol. The van der Waals surface area contributed by atoms with E-state index in [1.54, 1.807) is 0 Å². The molecule has 0 aliphatic carbocycles. The van der Waals surface area contributed by atoms with E-state index in [-0.39, 0.29) is 0 Å². The minimum atomic E-state index is 0.387. The van der Waals surface area contributed by atoms with Gasteiger partial charge in [-0.2, -0.15) is 0 Å². The highest BCUT2D eigenvalue weighted by Crippen LogP contribution is 2.04. The number of ether oxygens (including phenoxy) is 1.